The summed E-state index contributed by atoms with van der Waals surface area (Å²) in [5, 5.41) is 12.7. The quantitative estimate of drug-likeness (QED) is 0.843. The number of amides is 1. The highest BCUT2D eigenvalue weighted by molar-refractivity contribution is 6.30. The minimum Gasteiger partial charge on any atom is -0.481 e. The molecule has 5 heteroatoms. The van der Waals surface area contributed by atoms with E-state index in [4.69, 9.17) is 16.3 Å². The van der Waals surface area contributed by atoms with Crippen LogP contribution in [0.5, 0.6) is 5.75 Å². The Morgan fingerprint density at radius 2 is 2.21 bits per heavy atom. The highest BCUT2D eigenvalue weighted by atomic mass is 35.5. The number of carbonyl (C=O) groups is 1. The standard InChI is InChI=1S/C14H20ClNO3/c1-4-12(17)8-16-14(18)10(3)19-13-6-5-11(15)7-9(13)2/h5-7,10,12,17H,4,8H2,1-3H3,(H,16,18). The number of benzene rings is 1. The van der Waals surface area contributed by atoms with Gasteiger partial charge in [0, 0.05) is 11.6 Å². The summed E-state index contributed by atoms with van der Waals surface area (Å²) in [4.78, 5) is 11.8. The molecule has 0 saturated heterocycles. The first-order chi connectivity index (χ1) is 8.93. The molecule has 0 saturated carbocycles. The van der Waals surface area contributed by atoms with Gasteiger partial charge < -0.3 is 15.2 Å². The van der Waals surface area contributed by atoms with Gasteiger partial charge in [-0.25, -0.2) is 0 Å². The molecule has 0 aliphatic rings. The lowest BCUT2D eigenvalue weighted by molar-refractivity contribution is -0.127. The summed E-state index contributed by atoms with van der Waals surface area (Å²) < 4.78 is 5.58. The van der Waals surface area contributed by atoms with Crippen molar-refractivity contribution >= 4 is 17.5 Å². The van der Waals surface area contributed by atoms with E-state index >= 15 is 0 Å². The minimum atomic E-state index is -0.621. The molecule has 1 aromatic rings. The highest BCUT2D eigenvalue weighted by Crippen LogP contribution is 2.22. The Bertz CT molecular complexity index is 437. The van der Waals surface area contributed by atoms with Crippen LogP contribution in [0.3, 0.4) is 0 Å². The SMILES string of the molecule is CCC(O)CNC(=O)C(C)Oc1ccc(Cl)cc1C. The smallest absolute Gasteiger partial charge is 0.260 e. The molecule has 0 aromatic heterocycles. The number of nitrogens with one attached hydrogen (secondary N) is 1. The number of rotatable bonds is 6. The highest BCUT2D eigenvalue weighted by Gasteiger charge is 2.16. The second kappa shape index (κ2) is 7.36. The van der Waals surface area contributed by atoms with E-state index in [9.17, 15) is 9.90 Å². The van der Waals surface area contributed by atoms with Gasteiger partial charge in [-0.2, -0.15) is 0 Å². The largest absolute Gasteiger partial charge is 0.481 e. The van der Waals surface area contributed by atoms with Crippen LogP contribution >= 0.6 is 11.6 Å². The first-order valence-corrected chi connectivity index (χ1v) is 6.70. The van der Waals surface area contributed by atoms with Crippen molar-refractivity contribution in [2.75, 3.05) is 6.54 Å². The van der Waals surface area contributed by atoms with Crippen molar-refractivity contribution in [3.05, 3.63) is 28.8 Å². The molecule has 0 heterocycles. The summed E-state index contributed by atoms with van der Waals surface area (Å²) in [6, 6.07) is 5.24. The van der Waals surface area contributed by atoms with Crippen molar-refractivity contribution in [2.24, 2.45) is 0 Å². The normalized spacial score (nSPS) is 13.7. The van der Waals surface area contributed by atoms with E-state index < -0.39 is 12.2 Å². The number of aliphatic hydroxyl groups excluding tert-OH is 1. The summed E-state index contributed by atoms with van der Waals surface area (Å²) >= 11 is 5.85. The lowest BCUT2D eigenvalue weighted by Crippen LogP contribution is -2.40. The van der Waals surface area contributed by atoms with E-state index in [1.165, 1.54) is 0 Å². The Balaban J connectivity index is 2.54. The fourth-order valence-electron chi connectivity index (χ4n) is 1.50. The Labute approximate surface area is 118 Å². The Morgan fingerprint density at radius 1 is 1.53 bits per heavy atom. The van der Waals surface area contributed by atoms with Gasteiger partial charge in [-0.3, -0.25) is 4.79 Å². The monoisotopic (exact) mass is 285 g/mol. The Morgan fingerprint density at radius 3 is 2.79 bits per heavy atom. The molecule has 0 radical (unpaired) electrons. The van der Waals surface area contributed by atoms with Crippen LogP contribution in [-0.2, 0) is 4.79 Å². The van der Waals surface area contributed by atoms with Gasteiger partial charge in [0.25, 0.3) is 5.91 Å². The minimum absolute atomic E-state index is 0.239. The maximum atomic E-state index is 11.8. The van der Waals surface area contributed by atoms with Gasteiger partial charge in [0.15, 0.2) is 6.10 Å². The van der Waals surface area contributed by atoms with E-state index in [1.54, 1.807) is 25.1 Å². The van der Waals surface area contributed by atoms with E-state index in [-0.39, 0.29) is 12.5 Å². The van der Waals surface area contributed by atoms with Crippen molar-refractivity contribution < 1.29 is 14.6 Å². The molecule has 106 valence electrons. The fraction of sp³-hybridized carbons (Fsp3) is 0.500. The fourth-order valence-corrected chi connectivity index (χ4v) is 1.72. The lowest BCUT2D eigenvalue weighted by atomic mass is 10.2. The molecule has 19 heavy (non-hydrogen) atoms. The van der Waals surface area contributed by atoms with Gasteiger partial charge in [-0.1, -0.05) is 18.5 Å². The Kier molecular flexibility index (Phi) is 6.12. The molecule has 4 nitrogen and oxygen atoms in total. The number of hydrogen-bond acceptors (Lipinski definition) is 3. The molecule has 1 amide bonds. The zero-order valence-corrected chi connectivity index (χ0v) is 12.2. The van der Waals surface area contributed by atoms with E-state index in [2.05, 4.69) is 5.32 Å². The zero-order chi connectivity index (χ0) is 14.4. The van der Waals surface area contributed by atoms with Crippen LogP contribution in [0.1, 0.15) is 25.8 Å². The van der Waals surface area contributed by atoms with Crippen molar-refractivity contribution in [2.45, 2.75) is 39.4 Å². The molecular weight excluding hydrogens is 266 g/mol. The third-order valence-electron chi connectivity index (χ3n) is 2.79. The molecule has 0 bridgehead atoms. The maximum absolute atomic E-state index is 11.8. The molecule has 2 atom stereocenters. The van der Waals surface area contributed by atoms with Gasteiger partial charge in [-0.05, 0) is 44.0 Å². The second-order valence-electron chi connectivity index (χ2n) is 4.48. The maximum Gasteiger partial charge on any atom is 0.260 e. The molecule has 0 aliphatic carbocycles. The average molecular weight is 286 g/mol. The predicted octanol–water partition coefficient (Wildman–Crippen LogP) is 2.30. The third-order valence-corrected chi connectivity index (χ3v) is 3.03. The van der Waals surface area contributed by atoms with Gasteiger partial charge in [0.2, 0.25) is 0 Å². The summed E-state index contributed by atoms with van der Waals surface area (Å²) in [5.74, 6) is 0.380. The van der Waals surface area contributed by atoms with Crippen LogP contribution < -0.4 is 10.1 Å². The number of aliphatic hydroxyl groups is 1. The van der Waals surface area contributed by atoms with Crippen molar-refractivity contribution in [1.82, 2.24) is 5.32 Å². The summed E-state index contributed by atoms with van der Waals surface area (Å²) in [5.41, 5.74) is 0.876. The predicted molar refractivity (Wildman–Crippen MR) is 75.6 cm³/mol. The molecule has 0 aliphatic heterocycles. The van der Waals surface area contributed by atoms with Crippen LogP contribution in [0, 0.1) is 6.92 Å². The first kappa shape index (κ1) is 15.8. The van der Waals surface area contributed by atoms with Crippen LogP contribution in [0.4, 0.5) is 0 Å². The van der Waals surface area contributed by atoms with E-state index in [0.29, 0.717) is 17.2 Å². The van der Waals surface area contributed by atoms with E-state index in [1.807, 2.05) is 13.8 Å². The topological polar surface area (TPSA) is 58.6 Å². The van der Waals surface area contributed by atoms with Crippen molar-refractivity contribution in [3.63, 3.8) is 0 Å². The molecule has 1 rings (SSSR count). The third kappa shape index (κ3) is 5.09. The van der Waals surface area contributed by atoms with Crippen molar-refractivity contribution in [1.29, 1.82) is 0 Å². The number of ether oxygens (including phenoxy) is 1. The molecule has 2 unspecified atom stereocenters. The van der Waals surface area contributed by atoms with Crippen LogP contribution in [-0.4, -0.2) is 29.8 Å². The number of halogens is 1. The van der Waals surface area contributed by atoms with Crippen LogP contribution in [0.15, 0.2) is 18.2 Å². The number of carbonyl (C=O) groups excluding carboxylic acids is 1. The summed E-state index contributed by atoms with van der Waals surface area (Å²) in [6.07, 6.45) is -0.538. The van der Waals surface area contributed by atoms with Crippen LogP contribution in [0.25, 0.3) is 0 Å². The Hall–Kier alpha value is -1.26. The summed E-state index contributed by atoms with van der Waals surface area (Å²) in [6.45, 7) is 5.63. The van der Waals surface area contributed by atoms with Gasteiger partial charge in [0.05, 0.1) is 6.10 Å². The van der Waals surface area contributed by atoms with E-state index in [0.717, 1.165) is 5.56 Å². The summed E-state index contributed by atoms with van der Waals surface area (Å²) in [7, 11) is 0. The second-order valence-corrected chi connectivity index (χ2v) is 4.91. The van der Waals surface area contributed by atoms with Gasteiger partial charge >= 0.3 is 0 Å². The molecule has 2 N–H and O–H groups in total. The molecule has 1 aromatic carbocycles. The molecule has 0 spiro atoms. The van der Waals surface area contributed by atoms with Crippen molar-refractivity contribution in [3.8, 4) is 5.75 Å². The average Bonchev–Trinajstić information content (AvgIpc) is 2.38. The lowest BCUT2D eigenvalue weighted by Gasteiger charge is -2.17. The van der Waals surface area contributed by atoms with Gasteiger partial charge in [-0.15, -0.1) is 0 Å². The van der Waals surface area contributed by atoms with Crippen LogP contribution in [0.2, 0.25) is 5.02 Å². The zero-order valence-electron chi connectivity index (χ0n) is 11.4. The number of hydrogen-bond donors (Lipinski definition) is 2. The molecular formula is C14H20ClNO3. The number of aryl methyl sites for hydroxylation is 1. The first-order valence-electron chi connectivity index (χ1n) is 6.32. The molecule has 0 fully saturated rings. The van der Waals surface area contributed by atoms with Gasteiger partial charge in [0.1, 0.15) is 5.75 Å².